The summed E-state index contributed by atoms with van der Waals surface area (Å²) in [6.45, 7) is 0.272. The number of thioether (sulfide) groups is 1. The van der Waals surface area contributed by atoms with Gasteiger partial charge in [0.2, 0.25) is 11.7 Å². The summed E-state index contributed by atoms with van der Waals surface area (Å²) in [4.78, 5) is 25.3. The second kappa shape index (κ2) is 7.68. The fourth-order valence-corrected chi connectivity index (χ4v) is 5.34. The molecule has 0 unspecified atom stereocenters. The number of aromatic nitrogens is 4. The number of rotatable bonds is 6. The smallest absolute Gasteiger partial charge is 0.273 e. The van der Waals surface area contributed by atoms with E-state index in [0.717, 1.165) is 18.4 Å². The third kappa shape index (κ3) is 3.46. The number of carbonyl (C=O) groups is 1. The van der Waals surface area contributed by atoms with Gasteiger partial charge < -0.3 is 9.73 Å². The van der Waals surface area contributed by atoms with Crippen molar-refractivity contribution in [3.05, 3.63) is 46.0 Å². The Morgan fingerprint density at radius 1 is 1.31 bits per heavy atom. The molecule has 29 heavy (non-hydrogen) atoms. The normalized spacial score (nSPS) is 14.9. The maximum atomic E-state index is 13.0. The molecule has 5 rings (SSSR count). The molecule has 0 saturated heterocycles. The van der Waals surface area contributed by atoms with Gasteiger partial charge in [-0.3, -0.25) is 18.6 Å². The largest absolute Gasteiger partial charge is 0.467 e. The Bertz CT molecular complexity index is 1220. The van der Waals surface area contributed by atoms with Crippen LogP contribution in [0.1, 0.15) is 31.4 Å². The van der Waals surface area contributed by atoms with Gasteiger partial charge in [-0.25, -0.2) is 0 Å². The van der Waals surface area contributed by atoms with Crippen molar-refractivity contribution in [2.75, 3.05) is 5.75 Å². The molecular weight excluding hydrogens is 410 g/mol. The average molecular weight is 430 g/mol. The van der Waals surface area contributed by atoms with Gasteiger partial charge in [0.1, 0.15) is 10.5 Å². The predicted molar refractivity (Wildman–Crippen MR) is 112 cm³/mol. The van der Waals surface area contributed by atoms with E-state index in [4.69, 9.17) is 4.42 Å². The van der Waals surface area contributed by atoms with Crippen LogP contribution in [0.4, 0.5) is 0 Å². The van der Waals surface area contributed by atoms with E-state index in [2.05, 4.69) is 15.5 Å². The van der Waals surface area contributed by atoms with Crippen LogP contribution in [0.3, 0.4) is 0 Å². The Labute approximate surface area is 173 Å². The third-order valence-corrected chi connectivity index (χ3v) is 6.95. The standard InChI is InChI=1S/C19H19N5O3S2/c25-15(20-12-4-1-2-5-12)11-29-19-22-21-18-23(10-13-6-3-8-27-13)17(26)16-14(24(18)19)7-9-28-16/h3,6-9,12H,1-2,4-5,10-11H2,(H,20,25). The van der Waals surface area contributed by atoms with E-state index in [0.29, 0.717) is 27.4 Å². The highest BCUT2D eigenvalue weighted by Crippen LogP contribution is 2.25. The lowest BCUT2D eigenvalue weighted by Gasteiger charge is -2.11. The number of carbonyl (C=O) groups excluding carboxylic acids is 1. The zero-order valence-electron chi connectivity index (χ0n) is 15.5. The summed E-state index contributed by atoms with van der Waals surface area (Å²) >= 11 is 2.72. The van der Waals surface area contributed by atoms with Crippen molar-refractivity contribution in [1.82, 2.24) is 24.5 Å². The average Bonchev–Trinajstić information content (AvgIpc) is 3.50. The summed E-state index contributed by atoms with van der Waals surface area (Å²) in [7, 11) is 0. The van der Waals surface area contributed by atoms with Gasteiger partial charge in [0, 0.05) is 6.04 Å². The van der Waals surface area contributed by atoms with Crippen LogP contribution in [0.5, 0.6) is 0 Å². The van der Waals surface area contributed by atoms with Crippen molar-refractivity contribution in [2.45, 2.75) is 43.4 Å². The van der Waals surface area contributed by atoms with Crippen LogP contribution in [0.2, 0.25) is 0 Å². The van der Waals surface area contributed by atoms with Gasteiger partial charge >= 0.3 is 0 Å². The maximum Gasteiger partial charge on any atom is 0.273 e. The zero-order chi connectivity index (χ0) is 19.8. The quantitative estimate of drug-likeness (QED) is 0.474. The van der Waals surface area contributed by atoms with Crippen molar-refractivity contribution in [3.63, 3.8) is 0 Å². The Morgan fingerprint density at radius 2 is 2.17 bits per heavy atom. The van der Waals surface area contributed by atoms with Crippen LogP contribution in [-0.4, -0.2) is 36.9 Å². The molecule has 0 spiro atoms. The molecule has 0 radical (unpaired) electrons. The maximum absolute atomic E-state index is 13.0. The lowest BCUT2D eigenvalue weighted by Crippen LogP contribution is -2.33. The van der Waals surface area contributed by atoms with Crippen LogP contribution in [0, 0.1) is 0 Å². The summed E-state index contributed by atoms with van der Waals surface area (Å²) in [5.41, 5.74) is 0.635. The van der Waals surface area contributed by atoms with E-state index < -0.39 is 0 Å². The molecular formula is C19H19N5O3S2. The summed E-state index contributed by atoms with van der Waals surface area (Å²) < 4.78 is 9.45. The molecule has 1 fully saturated rings. The predicted octanol–water partition coefficient (Wildman–Crippen LogP) is 2.90. The van der Waals surface area contributed by atoms with E-state index >= 15 is 0 Å². The first-order chi connectivity index (χ1) is 14.2. The fourth-order valence-electron chi connectivity index (χ4n) is 3.76. The molecule has 1 aliphatic rings. The van der Waals surface area contributed by atoms with Gasteiger partial charge in [-0.1, -0.05) is 24.6 Å². The van der Waals surface area contributed by atoms with Crippen LogP contribution in [0.25, 0.3) is 16.0 Å². The highest BCUT2D eigenvalue weighted by atomic mass is 32.2. The number of fused-ring (bicyclic) bond motifs is 3. The Hall–Kier alpha value is -2.59. The third-order valence-electron chi connectivity index (χ3n) is 5.13. The number of hydrogen-bond acceptors (Lipinski definition) is 7. The first-order valence-electron chi connectivity index (χ1n) is 9.50. The number of hydrogen-bond donors (Lipinski definition) is 1. The number of nitrogens with one attached hydrogen (secondary N) is 1. The first kappa shape index (κ1) is 18.4. The highest BCUT2D eigenvalue weighted by molar-refractivity contribution is 7.99. The van der Waals surface area contributed by atoms with E-state index in [-0.39, 0.29) is 23.8 Å². The molecule has 0 atom stereocenters. The topological polar surface area (TPSA) is 94.4 Å². The molecule has 4 heterocycles. The minimum Gasteiger partial charge on any atom is -0.467 e. The van der Waals surface area contributed by atoms with Gasteiger partial charge in [0.15, 0.2) is 5.16 Å². The van der Waals surface area contributed by atoms with Crippen molar-refractivity contribution in [1.29, 1.82) is 0 Å². The second-order valence-corrected chi connectivity index (χ2v) is 8.92. The van der Waals surface area contributed by atoms with Gasteiger partial charge in [0.25, 0.3) is 5.56 Å². The number of furan rings is 1. The van der Waals surface area contributed by atoms with Crippen molar-refractivity contribution in [2.24, 2.45) is 0 Å². The number of nitrogens with zero attached hydrogens (tertiary/aromatic N) is 4. The fraction of sp³-hybridized carbons (Fsp3) is 0.368. The van der Waals surface area contributed by atoms with Crippen LogP contribution >= 0.6 is 23.1 Å². The monoisotopic (exact) mass is 429 g/mol. The molecule has 150 valence electrons. The SMILES string of the molecule is O=C(CSc1nnc2n(Cc3ccco3)c(=O)c3sccc3n12)NC1CCCC1. The molecule has 4 aromatic rings. The molecule has 1 amide bonds. The highest BCUT2D eigenvalue weighted by Gasteiger charge is 2.21. The molecule has 4 aromatic heterocycles. The van der Waals surface area contributed by atoms with Gasteiger partial charge in [-0.15, -0.1) is 21.5 Å². The van der Waals surface area contributed by atoms with E-state index in [1.54, 1.807) is 16.9 Å². The molecule has 1 aliphatic carbocycles. The van der Waals surface area contributed by atoms with E-state index in [1.165, 1.54) is 35.9 Å². The molecule has 10 heteroatoms. The Morgan fingerprint density at radius 3 is 2.97 bits per heavy atom. The summed E-state index contributed by atoms with van der Waals surface area (Å²) in [5, 5.41) is 14.1. The van der Waals surface area contributed by atoms with Gasteiger partial charge in [-0.2, -0.15) is 0 Å². The van der Waals surface area contributed by atoms with E-state index in [9.17, 15) is 9.59 Å². The van der Waals surface area contributed by atoms with Gasteiger partial charge in [0.05, 0.1) is 24.1 Å². The second-order valence-electron chi connectivity index (χ2n) is 7.06. The molecule has 1 saturated carbocycles. The minimum absolute atomic E-state index is 0.00381. The lowest BCUT2D eigenvalue weighted by molar-refractivity contribution is -0.119. The Kier molecular flexibility index (Phi) is 4.88. The Balaban J connectivity index is 1.48. The lowest BCUT2D eigenvalue weighted by atomic mass is 10.2. The minimum atomic E-state index is -0.123. The van der Waals surface area contributed by atoms with E-state index in [1.807, 2.05) is 21.9 Å². The number of thiophene rings is 1. The molecule has 0 bridgehead atoms. The molecule has 0 aliphatic heterocycles. The van der Waals surface area contributed by atoms with Crippen molar-refractivity contribution < 1.29 is 9.21 Å². The van der Waals surface area contributed by atoms with Crippen molar-refractivity contribution >= 4 is 45.0 Å². The zero-order valence-corrected chi connectivity index (χ0v) is 17.2. The van der Waals surface area contributed by atoms with Crippen LogP contribution < -0.4 is 10.9 Å². The van der Waals surface area contributed by atoms with Crippen LogP contribution in [0.15, 0.2) is 44.2 Å². The summed E-state index contributed by atoms with van der Waals surface area (Å²) in [6.07, 6.45) is 6.04. The molecule has 8 nitrogen and oxygen atoms in total. The van der Waals surface area contributed by atoms with Gasteiger partial charge in [-0.05, 0) is 36.4 Å². The van der Waals surface area contributed by atoms with Crippen LogP contribution in [-0.2, 0) is 11.3 Å². The van der Waals surface area contributed by atoms with Crippen molar-refractivity contribution in [3.8, 4) is 0 Å². The molecule has 0 aromatic carbocycles. The molecule has 1 N–H and O–H groups in total. The summed E-state index contributed by atoms with van der Waals surface area (Å²) in [6, 6.07) is 5.79. The number of amides is 1. The first-order valence-corrected chi connectivity index (χ1v) is 11.4. The summed E-state index contributed by atoms with van der Waals surface area (Å²) in [5.74, 6) is 1.37.